The van der Waals surface area contributed by atoms with Gasteiger partial charge in [0.1, 0.15) is 11.3 Å². The summed E-state index contributed by atoms with van der Waals surface area (Å²) in [6, 6.07) is 19.4. The molecule has 0 aliphatic carbocycles. The number of benzene rings is 3. The molecule has 0 bridgehead atoms. The van der Waals surface area contributed by atoms with Crippen LogP contribution in [-0.4, -0.2) is 12.9 Å². The van der Waals surface area contributed by atoms with Gasteiger partial charge in [-0.2, -0.15) is 0 Å². The van der Waals surface area contributed by atoms with Crippen molar-refractivity contribution < 1.29 is 13.9 Å². The Morgan fingerprint density at radius 2 is 1.72 bits per heavy atom. The van der Waals surface area contributed by atoms with E-state index in [0.29, 0.717) is 27.8 Å². The fourth-order valence-corrected chi connectivity index (χ4v) is 3.02. The quantitative estimate of drug-likeness (QED) is 0.321. The van der Waals surface area contributed by atoms with Gasteiger partial charge in [0, 0.05) is 22.6 Å². The number of ketones is 1. The largest absolute Gasteiger partial charge is 0.497 e. The number of ether oxygens (including phenoxy) is 1. The monoisotopic (exact) mass is 330 g/mol. The third-order valence-corrected chi connectivity index (χ3v) is 4.23. The van der Waals surface area contributed by atoms with Crippen LogP contribution in [0.15, 0.2) is 75.9 Å². The number of carbonyl (C=O) groups is 1. The minimum Gasteiger partial charge on any atom is -0.497 e. The van der Waals surface area contributed by atoms with E-state index in [1.165, 1.54) is 6.07 Å². The molecule has 0 N–H and O–H groups in total. The van der Waals surface area contributed by atoms with Gasteiger partial charge in [-0.15, -0.1) is 0 Å². The summed E-state index contributed by atoms with van der Waals surface area (Å²) in [5.41, 5.74) is 0.691. The Hall–Kier alpha value is -3.40. The van der Waals surface area contributed by atoms with Crippen LogP contribution < -0.4 is 10.4 Å². The number of fused-ring (bicyclic) bond motifs is 3. The lowest BCUT2D eigenvalue weighted by molar-refractivity contribution is 0.103. The lowest BCUT2D eigenvalue weighted by Crippen LogP contribution is -2.08. The van der Waals surface area contributed by atoms with Crippen LogP contribution in [-0.2, 0) is 0 Å². The lowest BCUT2D eigenvalue weighted by atomic mass is 9.96. The van der Waals surface area contributed by atoms with Crippen molar-refractivity contribution in [1.82, 2.24) is 0 Å². The Kier molecular flexibility index (Phi) is 3.58. The normalized spacial score (nSPS) is 10.9. The molecule has 0 radical (unpaired) electrons. The van der Waals surface area contributed by atoms with Gasteiger partial charge < -0.3 is 9.15 Å². The van der Waals surface area contributed by atoms with Gasteiger partial charge in [-0.25, -0.2) is 4.79 Å². The zero-order valence-corrected chi connectivity index (χ0v) is 13.5. The minimum atomic E-state index is -0.542. The maximum atomic E-state index is 13.0. The molecule has 0 unspecified atom stereocenters. The second-order valence-corrected chi connectivity index (χ2v) is 5.70. The van der Waals surface area contributed by atoms with Crippen molar-refractivity contribution in [2.24, 2.45) is 0 Å². The van der Waals surface area contributed by atoms with Gasteiger partial charge in [0.25, 0.3) is 0 Å². The van der Waals surface area contributed by atoms with Crippen LogP contribution in [0.5, 0.6) is 5.75 Å². The molecule has 0 aliphatic rings. The first-order valence-electron chi connectivity index (χ1n) is 7.82. The Morgan fingerprint density at radius 1 is 0.960 bits per heavy atom. The lowest BCUT2D eigenvalue weighted by Gasteiger charge is -2.08. The number of hydrogen-bond acceptors (Lipinski definition) is 4. The van der Waals surface area contributed by atoms with Gasteiger partial charge in [-0.3, -0.25) is 4.79 Å². The summed E-state index contributed by atoms with van der Waals surface area (Å²) in [6.45, 7) is 0. The van der Waals surface area contributed by atoms with Crippen molar-refractivity contribution >= 4 is 27.5 Å². The van der Waals surface area contributed by atoms with E-state index in [0.717, 1.165) is 10.8 Å². The fourth-order valence-electron chi connectivity index (χ4n) is 3.02. The van der Waals surface area contributed by atoms with Crippen LogP contribution in [0.1, 0.15) is 15.9 Å². The summed E-state index contributed by atoms with van der Waals surface area (Å²) in [4.78, 5) is 25.0. The molecule has 0 saturated carbocycles. The summed E-state index contributed by atoms with van der Waals surface area (Å²) >= 11 is 0. The van der Waals surface area contributed by atoms with E-state index >= 15 is 0 Å². The molecule has 122 valence electrons. The Balaban J connectivity index is 2.00. The summed E-state index contributed by atoms with van der Waals surface area (Å²) in [5, 5.41) is 2.51. The summed E-state index contributed by atoms with van der Waals surface area (Å²) < 4.78 is 10.4. The average molecular weight is 330 g/mol. The topological polar surface area (TPSA) is 56.5 Å². The van der Waals surface area contributed by atoms with Gasteiger partial charge in [-0.05, 0) is 41.1 Å². The molecule has 4 nitrogen and oxygen atoms in total. The van der Waals surface area contributed by atoms with E-state index in [1.807, 2.05) is 30.3 Å². The first kappa shape index (κ1) is 15.1. The van der Waals surface area contributed by atoms with Crippen LogP contribution in [0.4, 0.5) is 0 Å². The molecule has 4 heteroatoms. The zero-order chi connectivity index (χ0) is 17.4. The zero-order valence-electron chi connectivity index (χ0n) is 13.5. The van der Waals surface area contributed by atoms with E-state index < -0.39 is 5.63 Å². The average Bonchev–Trinajstić information content (AvgIpc) is 2.66. The third kappa shape index (κ3) is 2.58. The molecule has 0 amide bonds. The van der Waals surface area contributed by atoms with Crippen LogP contribution >= 0.6 is 0 Å². The van der Waals surface area contributed by atoms with E-state index in [2.05, 4.69) is 0 Å². The molecule has 1 aromatic heterocycles. The number of carbonyl (C=O) groups excluding carboxylic acids is 1. The van der Waals surface area contributed by atoms with E-state index in [-0.39, 0.29) is 5.78 Å². The van der Waals surface area contributed by atoms with Gasteiger partial charge >= 0.3 is 5.63 Å². The van der Waals surface area contributed by atoms with Crippen LogP contribution in [0.3, 0.4) is 0 Å². The first-order chi connectivity index (χ1) is 12.2. The van der Waals surface area contributed by atoms with E-state index in [9.17, 15) is 9.59 Å². The Bertz CT molecular complexity index is 1150. The molecule has 3 aromatic carbocycles. The van der Waals surface area contributed by atoms with E-state index in [1.54, 1.807) is 37.4 Å². The molecule has 0 spiro atoms. The maximum Gasteiger partial charge on any atom is 0.336 e. The highest BCUT2D eigenvalue weighted by atomic mass is 16.5. The maximum absolute atomic E-state index is 13.0. The van der Waals surface area contributed by atoms with Crippen LogP contribution in [0, 0.1) is 0 Å². The SMILES string of the molecule is COc1ccc(C(=O)c2cc(=O)oc3ccc4ccccc4c23)cc1. The van der Waals surface area contributed by atoms with Gasteiger partial charge in [-0.1, -0.05) is 30.3 Å². The van der Waals surface area contributed by atoms with Crippen molar-refractivity contribution in [3.63, 3.8) is 0 Å². The second kappa shape index (κ2) is 5.91. The second-order valence-electron chi connectivity index (χ2n) is 5.70. The molecule has 0 atom stereocenters. The third-order valence-electron chi connectivity index (χ3n) is 4.23. The molecule has 0 aliphatic heterocycles. The van der Waals surface area contributed by atoms with Gasteiger partial charge in [0.2, 0.25) is 0 Å². The molecule has 1 heterocycles. The predicted molar refractivity (Wildman–Crippen MR) is 96.4 cm³/mol. The van der Waals surface area contributed by atoms with Crippen molar-refractivity contribution in [1.29, 1.82) is 0 Å². The Labute approximate surface area is 143 Å². The van der Waals surface area contributed by atoms with Crippen molar-refractivity contribution in [2.45, 2.75) is 0 Å². The van der Waals surface area contributed by atoms with Crippen molar-refractivity contribution in [2.75, 3.05) is 7.11 Å². The van der Waals surface area contributed by atoms with Crippen molar-refractivity contribution in [3.05, 3.63) is 88.3 Å². The number of methoxy groups -OCH3 is 1. The minimum absolute atomic E-state index is 0.225. The Morgan fingerprint density at radius 3 is 2.48 bits per heavy atom. The fraction of sp³-hybridized carbons (Fsp3) is 0.0476. The van der Waals surface area contributed by atoms with E-state index in [4.69, 9.17) is 9.15 Å². The summed E-state index contributed by atoms with van der Waals surface area (Å²) in [7, 11) is 1.57. The molecule has 4 aromatic rings. The highest BCUT2D eigenvalue weighted by Gasteiger charge is 2.17. The molecular formula is C21H14O4. The number of hydrogen-bond donors (Lipinski definition) is 0. The standard InChI is InChI=1S/C21H14O4/c1-24-15-9-6-14(7-10-15)21(23)17-12-19(22)25-18-11-8-13-4-2-3-5-16(13)20(17)18/h2-12H,1H3. The highest BCUT2D eigenvalue weighted by molar-refractivity contribution is 6.21. The molecule has 4 rings (SSSR count). The van der Waals surface area contributed by atoms with Crippen LogP contribution in [0.25, 0.3) is 21.7 Å². The van der Waals surface area contributed by atoms with Gasteiger partial charge in [0.05, 0.1) is 7.11 Å². The number of rotatable bonds is 3. The molecule has 0 saturated heterocycles. The predicted octanol–water partition coefficient (Wildman–Crippen LogP) is 4.19. The molecule has 25 heavy (non-hydrogen) atoms. The summed E-state index contributed by atoms with van der Waals surface area (Å²) in [5.74, 6) is 0.441. The smallest absolute Gasteiger partial charge is 0.336 e. The summed E-state index contributed by atoms with van der Waals surface area (Å²) in [6.07, 6.45) is 0. The first-order valence-corrected chi connectivity index (χ1v) is 7.82. The molecular weight excluding hydrogens is 316 g/mol. The highest BCUT2D eigenvalue weighted by Crippen LogP contribution is 2.29. The molecule has 0 fully saturated rings. The van der Waals surface area contributed by atoms with Gasteiger partial charge in [0.15, 0.2) is 5.78 Å². The van der Waals surface area contributed by atoms with Crippen LogP contribution in [0.2, 0.25) is 0 Å². The van der Waals surface area contributed by atoms with Crippen molar-refractivity contribution in [3.8, 4) is 5.75 Å².